The van der Waals surface area contributed by atoms with Crippen LogP contribution in [0, 0.1) is 0 Å². The van der Waals surface area contributed by atoms with Gasteiger partial charge in [0, 0.05) is 34.8 Å². The average molecular weight is 392 g/mol. The van der Waals surface area contributed by atoms with Crippen molar-refractivity contribution in [3.8, 4) is 21.8 Å². The van der Waals surface area contributed by atoms with Crippen molar-refractivity contribution >= 4 is 33.2 Å². The zero-order valence-electron chi connectivity index (χ0n) is 15.3. The molecule has 4 aromatic rings. The Labute approximate surface area is 166 Å². The number of aromatic nitrogens is 4. The summed E-state index contributed by atoms with van der Waals surface area (Å²) < 4.78 is 0. The van der Waals surface area contributed by atoms with Gasteiger partial charge in [0.25, 0.3) is 0 Å². The molecule has 0 amide bonds. The van der Waals surface area contributed by atoms with Crippen LogP contribution < -0.4 is 16.4 Å². The van der Waals surface area contributed by atoms with E-state index in [0.29, 0.717) is 5.13 Å². The summed E-state index contributed by atoms with van der Waals surface area (Å²) >= 11 is 1.38. The molecule has 1 saturated heterocycles. The molecule has 4 heterocycles. The predicted octanol–water partition coefficient (Wildman–Crippen LogP) is 3.61. The van der Waals surface area contributed by atoms with Gasteiger partial charge in [-0.25, -0.2) is 4.98 Å². The minimum atomic E-state index is 0.0360. The summed E-state index contributed by atoms with van der Waals surface area (Å²) in [5, 5.41) is 10.5. The van der Waals surface area contributed by atoms with E-state index >= 15 is 0 Å². The van der Waals surface area contributed by atoms with E-state index in [4.69, 9.17) is 16.5 Å². The fraction of sp³-hybridized carbons (Fsp3) is 0.250. The Morgan fingerprint density at radius 1 is 1.14 bits per heavy atom. The van der Waals surface area contributed by atoms with Crippen molar-refractivity contribution in [1.82, 2.24) is 20.2 Å². The molecule has 8 heteroatoms. The molecule has 5 N–H and O–H groups in total. The molecule has 0 saturated carbocycles. The maximum absolute atomic E-state index is 6.31. The van der Waals surface area contributed by atoms with E-state index in [-0.39, 0.29) is 6.17 Å². The van der Waals surface area contributed by atoms with E-state index < -0.39 is 0 Å². The minimum absolute atomic E-state index is 0.0360. The van der Waals surface area contributed by atoms with Gasteiger partial charge in [0.05, 0.1) is 11.9 Å². The van der Waals surface area contributed by atoms with Crippen molar-refractivity contribution in [2.24, 2.45) is 5.73 Å². The standard InChI is InChI=1S/C20H21N7S/c21-17-5-1-2-9-27(17)18-6-3-4-16(24-18)14-11-23-15-8-7-12(10-13(14)15)19-25-26-20(22)28-19/h3-4,6-8,10-11,17,23H,1-2,5,9,21H2,(H2,22,26)/t17-/m1/s1. The van der Waals surface area contributed by atoms with E-state index in [1.165, 1.54) is 17.8 Å². The van der Waals surface area contributed by atoms with Crippen LogP contribution in [0.3, 0.4) is 0 Å². The van der Waals surface area contributed by atoms with Gasteiger partial charge in [-0.2, -0.15) is 0 Å². The number of piperidine rings is 1. The molecule has 1 atom stereocenters. The Hall–Kier alpha value is -2.97. The maximum Gasteiger partial charge on any atom is 0.203 e. The van der Waals surface area contributed by atoms with Gasteiger partial charge in [-0.1, -0.05) is 17.4 Å². The van der Waals surface area contributed by atoms with E-state index in [2.05, 4.69) is 32.2 Å². The van der Waals surface area contributed by atoms with Crippen molar-refractivity contribution in [2.45, 2.75) is 25.4 Å². The molecule has 1 aliphatic rings. The Morgan fingerprint density at radius 3 is 2.89 bits per heavy atom. The number of anilines is 2. The number of aromatic amines is 1. The van der Waals surface area contributed by atoms with E-state index in [9.17, 15) is 0 Å². The maximum atomic E-state index is 6.31. The molecule has 5 rings (SSSR count). The lowest BCUT2D eigenvalue weighted by Gasteiger charge is -2.34. The average Bonchev–Trinajstić information content (AvgIpc) is 3.34. The lowest BCUT2D eigenvalue weighted by Crippen LogP contribution is -2.45. The fourth-order valence-electron chi connectivity index (χ4n) is 3.79. The monoisotopic (exact) mass is 391 g/mol. The molecule has 1 fully saturated rings. The first-order valence-corrected chi connectivity index (χ1v) is 10.2. The number of nitrogens with one attached hydrogen (secondary N) is 1. The summed E-state index contributed by atoms with van der Waals surface area (Å²) in [6.45, 7) is 0.953. The first-order chi connectivity index (χ1) is 13.7. The molecule has 1 aliphatic heterocycles. The quantitative estimate of drug-likeness (QED) is 0.492. The molecule has 28 heavy (non-hydrogen) atoms. The third kappa shape index (κ3) is 3.00. The van der Waals surface area contributed by atoms with Crippen LogP contribution in [-0.2, 0) is 0 Å². The number of hydrogen-bond acceptors (Lipinski definition) is 7. The fourth-order valence-corrected chi connectivity index (χ4v) is 4.40. The number of pyridine rings is 1. The number of H-pyrrole nitrogens is 1. The van der Waals surface area contributed by atoms with E-state index in [0.717, 1.165) is 57.9 Å². The molecule has 0 unspecified atom stereocenters. The van der Waals surface area contributed by atoms with Crippen molar-refractivity contribution in [1.29, 1.82) is 0 Å². The predicted molar refractivity (Wildman–Crippen MR) is 114 cm³/mol. The summed E-state index contributed by atoms with van der Waals surface area (Å²) in [6, 6.07) is 12.3. The second-order valence-electron chi connectivity index (χ2n) is 7.05. The number of hydrogen-bond donors (Lipinski definition) is 3. The lowest BCUT2D eigenvalue weighted by molar-refractivity contribution is 0.467. The molecular formula is C20H21N7S. The summed E-state index contributed by atoms with van der Waals surface area (Å²) in [7, 11) is 0. The molecule has 0 aliphatic carbocycles. The first-order valence-electron chi connectivity index (χ1n) is 9.39. The molecule has 0 radical (unpaired) electrons. The largest absolute Gasteiger partial charge is 0.374 e. The topological polar surface area (TPSA) is 110 Å². The second kappa shape index (κ2) is 6.88. The van der Waals surface area contributed by atoms with Gasteiger partial charge in [0.2, 0.25) is 5.13 Å². The minimum Gasteiger partial charge on any atom is -0.374 e. The van der Waals surface area contributed by atoms with Crippen LogP contribution >= 0.6 is 11.3 Å². The smallest absolute Gasteiger partial charge is 0.203 e. The van der Waals surface area contributed by atoms with Crippen LogP contribution in [0.5, 0.6) is 0 Å². The molecule has 3 aromatic heterocycles. The van der Waals surface area contributed by atoms with Crippen LogP contribution in [0.2, 0.25) is 0 Å². The lowest BCUT2D eigenvalue weighted by atomic mass is 10.1. The van der Waals surface area contributed by atoms with Gasteiger partial charge in [-0.3, -0.25) is 0 Å². The second-order valence-corrected chi connectivity index (χ2v) is 8.05. The highest BCUT2D eigenvalue weighted by Gasteiger charge is 2.20. The Bertz CT molecular complexity index is 1130. The van der Waals surface area contributed by atoms with Gasteiger partial charge in [-0.05, 0) is 49.6 Å². The summed E-state index contributed by atoms with van der Waals surface area (Å²) in [5.41, 5.74) is 16.1. The molecule has 0 bridgehead atoms. The first kappa shape index (κ1) is 17.2. The normalized spacial score (nSPS) is 17.3. The number of benzene rings is 1. The van der Waals surface area contributed by atoms with Crippen LogP contribution in [0.1, 0.15) is 19.3 Å². The third-order valence-corrected chi connectivity index (χ3v) is 6.02. The molecule has 1 aromatic carbocycles. The molecular weight excluding hydrogens is 370 g/mol. The number of nitrogens with two attached hydrogens (primary N) is 2. The Morgan fingerprint density at radius 2 is 2.07 bits per heavy atom. The van der Waals surface area contributed by atoms with Crippen LogP contribution in [-0.4, -0.2) is 32.9 Å². The van der Waals surface area contributed by atoms with E-state index in [1.807, 2.05) is 30.5 Å². The van der Waals surface area contributed by atoms with Crippen LogP contribution in [0.25, 0.3) is 32.7 Å². The Balaban J connectivity index is 1.56. The molecule has 7 nitrogen and oxygen atoms in total. The summed E-state index contributed by atoms with van der Waals surface area (Å²) in [4.78, 5) is 10.5. The highest BCUT2D eigenvalue weighted by atomic mass is 32.1. The van der Waals surface area contributed by atoms with Gasteiger partial charge in [0.15, 0.2) is 0 Å². The summed E-state index contributed by atoms with van der Waals surface area (Å²) in [5.74, 6) is 0.937. The van der Waals surface area contributed by atoms with Gasteiger partial charge in [-0.15, -0.1) is 10.2 Å². The molecule has 0 spiro atoms. The summed E-state index contributed by atoms with van der Waals surface area (Å²) in [6.07, 6.45) is 5.38. The van der Waals surface area contributed by atoms with Crippen molar-refractivity contribution < 1.29 is 0 Å². The zero-order valence-corrected chi connectivity index (χ0v) is 16.1. The van der Waals surface area contributed by atoms with Crippen molar-refractivity contribution in [3.05, 3.63) is 42.6 Å². The van der Waals surface area contributed by atoms with Gasteiger partial charge < -0.3 is 21.4 Å². The van der Waals surface area contributed by atoms with Crippen molar-refractivity contribution in [3.63, 3.8) is 0 Å². The zero-order chi connectivity index (χ0) is 19.1. The number of rotatable bonds is 3. The van der Waals surface area contributed by atoms with Gasteiger partial charge in [0.1, 0.15) is 10.8 Å². The Kier molecular flexibility index (Phi) is 4.22. The highest BCUT2D eigenvalue weighted by molar-refractivity contribution is 7.18. The SMILES string of the molecule is Nc1nnc(-c2ccc3[nH]cc(-c4cccc(N5CCCC[C@@H]5N)n4)c3c2)s1. The van der Waals surface area contributed by atoms with Gasteiger partial charge >= 0.3 is 0 Å². The molecule has 142 valence electrons. The van der Waals surface area contributed by atoms with E-state index in [1.54, 1.807) is 0 Å². The third-order valence-electron chi connectivity index (χ3n) is 5.22. The number of nitrogens with zero attached hydrogens (tertiary/aromatic N) is 4. The number of nitrogen functional groups attached to an aromatic ring is 1. The van der Waals surface area contributed by atoms with Crippen LogP contribution in [0.15, 0.2) is 42.6 Å². The van der Waals surface area contributed by atoms with Crippen molar-refractivity contribution in [2.75, 3.05) is 17.2 Å². The van der Waals surface area contributed by atoms with Crippen LogP contribution in [0.4, 0.5) is 10.9 Å². The highest BCUT2D eigenvalue weighted by Crippen LogP contribution is 2.33. The number of fused-ring (bicyclic) bond motifs is 1.